The number of rotatable bonds is 4. The van der Waals surface area contributed by atoms with E-state index in [0.717, 1.165) is 54.2 Å². The van der Waals surface area contributed by atoms with Crippen LogP contribution in [0.3, 0.4) is 0 Å². The summed E-state index contributed by atoms with van der Waals surface area (Å²) in [5.74, 6) is 6.35. The number of nitrogens with one attached hydrogen (secondary N) is 1. The summed E-state index contributed by atoms with van der Waals surface area (Å²) in [7, 11) is 1.71. The molecule has 0 atom stereocenters. The monoisotopic (exact) mass is 423 g/mol. The van der Waals surface area contributed by atoms with Crippen LogP contribution in [-0.4, -0.2) is 59.6 Å². The number of carbonyl (C=O) groups excluding carboxylic acids is 1. The molecule has 0 saturated carbocycles. The number of carbonyl (C=O) groups is 1. The van der Waals surface area contributed by atoms with Crippen molar-refractivity contribution in [1.82, 2.24) is 19.6 Å². The molecule has 0 unspecified atom stereocenters. The van der Waals surface area contributed by atoms with Gasteiger partial charge in [-0.3, -0.25) is 14.2 Å². The molecule has 6 nitrogen and oxygen atoms in total. The number of fused-ring (bicyclic) bond motifs is 1. The first-order valence-corrected chi connectivity index (χ1v) is 10.5. The van der Waals surface area contributed by atoms with Crippen LogP contribution >= 0.6 is 0 Å². The number of aliphatic imine (C=N–C) groups is 1. The molecule has 1 fully saturated rings. The molecule has 4 rings (SSSR count). The van der Waals surface area contributed by atoms with Crippen molar-refractivity contribution in [2.45, 2.75) is 0 Å². The Morgan fingerprint density at radius 1 is 1.16 bits per heavy atom. The summed E-state index contributed by atoms with van der Waals surface area (Å²) in [6.45, 7) is 6.97. The standard InChI is InChI=1S/C26H25N5O/c1-3-20(12-13-27-2)4-10-24-18-29-25-11-9-23(19-31(24)25)21-5-7-22(8-6-21)26(32)30-16-14-28-15-17-30/h3,5-9,11-13,18-19,28H,1,14-17H2,2H3/b20-12+,27-13?. The van der Waals surface area contributed by atoms with Crippen LogP contribution < -0.4 is 5.32 Å². The average molecular weight is 424 g/mol. The zero-order chi connectivity index (χ0) is 22.3. The van der Waals surface area contributed by atoms with Crippen molar-refractivity contribution in [3.05, 3.63) is 84.4 Å². The van der Waals surface area contributed by atoms with Crippen molar-refractivity contribution in [3.63, 3.8) is 0 Å². The first-order valence-electron chi connectivity index (χ1n) is 10.5. The van der Waals surface area contributed by atoms with Crippen LogP contribution in [-0.2, 0) is 0 Å². The highest BCUT2D eigenvalue weighted by atomic mass is 16.2. The minimum atomic E-state index is 0.0832. The first kappa shape index (κ1) is 21.3. The maximum absolute atomic E-state index is 12.7. The third-order valence-electron chi connectivity index (χ3n) is 5.33. The molecular formula is C26H25N5O. The molecule has 2 aromatic heterocycles. The maximum Gasteiger partial charge on any atom is 0.253 e. The number of benzene rings is 1. The van der Waals surface area contributed by atoms with E-state index in [1.165, 1.54) is 0 Å². The second-order valence-corrected chi connectivity index (χ2v) is 7.39. The molecule has 3 heterocycles. The fourth-order valence-electron chi connectivity index (χ4n) is 3.55. The van der Waals surface area contributed by atoms with E-state index in [4.69, 9.17) is 0 Å². The quantitative estimate of drug-likeness (QED) is 0.398. The van der Waals surface area contributed by atoms with E-state index < -0.39 is 0 Å². The van der Waals surface area contributed by atoms with Crippen LogP contribution in [0, 0.1) is 11.8 Å². The number of nitrogens with zero attached hydrogens (tertiary/aromatic N) is 4. The number of piperazine rings is 1. The van der Waals surface area contributed by atoms with Gasteiger partial charge in [-0.1, -0.05) is 30.7 Å². The Labute approximate surface area is 188 Å². The molecule has 32 heavy (non-hydrogen) atoms. The molecule has 1 aliphatic heterocycles. The highest BCUT2D eigenvalue weighted by Gasteiger charge is 2.17. The molecule has 1 N–H and O–H groups in total. The van der Waals surface area contributed by atoms with Gasteiger partial charge in [-0.05, 0) is 47.4 Å². The van der Waals surface area contributed by atoms with Gasteiger partial charge in [-0.2, -0.15) is 0 Å². The summed E-state index contributed by atoms with van der Waals surface area (Å²) >= 11 is 0. The van der Waals surface area contributed by atoms with Crippen molar-refractivity contribution < 1.29 is 4.79 Å². The smallest absolute Gasteiger partial charge is 0.253 e. The first-order chi connectivity index (χ1) is 15.7. The summed E-state index contributed by atoms with van der Waals surface area (Å²) < 4.78 is 1.97. The van der Waals surface area contributed by atoms with Crippen molar-refractivity contribution in [3.8, 4) is 23.0 Å². The van der Waals surface area contributed by atoms with Crippen LogP contribution in [0.1, 0.15) is 16.1 Å². The van der Waals surface area contributed by atoms with Crippen molar-refractivity contribution >= 4 is 17.8 Å². The second kappa shape index (κ2) is 9.90. The number of hydrogen-bond donors (Lipinski definition) is 1. The van der Waals surface area contributed by atoms with Gasteiger partial charge in [0.25, 0.3) is 5.91 Å². The Morgan fingerprint density at radius 3 is 2.62 bits per heavy atom. The minimum Gasteiger partial charge on any atom is -0.336 e. The molecule has 0 spiro atoms. The third kappa shape index (κ3) is 4.69. The lowest BCUT2D eigenvalue weighted by Gasteiger charge is -2.27. The molecule has 6 heteroatoms. The van der Waals surface area contributed by atoms with E-state index >= 15 is 0 Å². The van der Waals surface area contributed by atoms with E-state index in [9.17, 15) is 4.79 Å². The lowest BCUT2D eigenvalue weighted by molar-refractivity contribution is 0.0736. The van der Waals surface area contributed by atoms with Crippen LogP contribution in [0.25, 0.3) is 16.8 Å². The second-order valence-electron chi connectivity index (χ2n) is 7.39. The van der Waals surface area contributed by atoms with Gasteiger partial charge in [-0.25, -0.2) is 4.98 Å². The van der Waals surface area contributed by atoms with Gasteiger partial charge in [0, 0.05) is 56.8 Å². The third-order valence-corrected chi connectivity index (χ3v) is 5.33. The summed E-state index contributed by atoms with van der Waals surface area (Å²) in [5.41, 5.74) is 5.16. The fourth-order valence-corrected chi connectivity index (χ4v) is 3.55. The molecule has 1 saturated heterocycles. The maximum atomic E-state index is 12.7. The Morgan fingerprint density at radius 2 is 1.91 bits per heavy atom. The van der Waals surface area contributed by atoms with Crippen molar-refractivity contribution in [2.24, 2.45) is 4.99 Å². The van der Waals surface area contributed by atoms with E-state index in [0.29, 0.717) is 5.56 Å². The summed E-state index contributed by atoms with van der Waals surface area (Å²) in [5, 5.41) is 3.27. The topological polar surface area (TPSA) is 62.0 Å². The van der Waals surface area contributed by atoms with E-state index in [1.54, 1.807) is 25.5 Å². The van der Waals surface area contributed by atoms with E-state index in [2.05, 4.69) is 33.7 Å². The highest BCUT2D eigenvalue weighted by molar-refractivity contribution is 5.94. The molecule has 1 aliphatic rings. The molecule has 0 bridgehead atoms. The summed E-state index contributed by atoms with van der Waals surface area (Å²) in [6, 6.07) is 11.8. The zero-order valence-electron chi connectivity index (χ0n) is 18.1. The Hall–Kier alpha value is -3.95. The van der Waals surface area contributed by atoms with Gasteiger partial charge < -0.3 is 10.2 Å². The van der Waals surface area contributed by atoms with E-state index in [1.807, 2.05) is 58.0 Å². The van der Waals surface area contributed by atoms with Gasteiger partial charge in [0.15, 0.2) is 0 Å². The van der Waals surface area contributed by atoms with Crippen LogP contribution in [0.5, 0.6) is 0 Å². The highest BCUT2D eigenvalue weighted by Crippen LogP contribution is 2.22. The molecule has 1 amide bonds. The number of pyridine rings is 1. The Balaban J connectivity index is 1.59. The van der Waals surface area contributed by atoms with Crippen molar-refractivity contribution in [1.29, 1.82) is 0 Å². The number of hydrogen-bond acceptors (Lipinski definition) is 4. The molecule has 3 aromatic rings. The average Bonchev–Trinajstić information content (AvgIpc) is 3.26. The lowest BCUT2D eigenvalue weighted by Crippen LogP contribution is -2.46. The summed E-state index contributed by atoms with van der Waals surface area (Å²) in [4.78, 5) is 23.0. The van der Waals surface area contributed by atoms with Gasteiger partial charge in [0.05, 0.1) is 6.20 Å². The number of imidazole rings is 1. The Kier molecular flexibility index (Phi) is 6.59. The number of aromatic nitrogens is 2. The van der Waals surface area contributed by atoms with E-state index in [-0.39, 0.29) is 5.91 Å². The minimum absolute atomic E-state index is 0.0832. The molecule has 160 valence electrons. The van der Waals surface area contributed by atoms with Gasteiger partial charge in [-0.15, -0.1) is 0 Å². The summed E-state index contributed by atoms with van der Waals surface area (Å²) in [6.07, 6.45) is 8.99. The SMILES string of the molecule is C=C/C(C#Cc1cnc2ccc(-c3ccc(C(=O)N4CCNCC4)cc3)cn12)=C\C=NC. The van der Waals surface area contributed by atoms with Crippen LogP contribution in [0.2, 0.25) is 0 Å². The van der Waals surface area contributed by atoms with Crippen molar-refractivity contribution in [2.75, 3.05) is 33.2 Å². The lowest BCUT2D eigenvalue weighted by atomic mass is 10.0. The molecule has 0 radical (unpaired) electrons. The van der Waals surface area contributed by atoms with Crippen LogP contribution in [0.4, 0.5) is 0 Å². The zero-order valence-corrected chi connectivity index (χ0v) is 18.1. The molecule has 0 aliphatic carbocycles. The predicted molar refractivity (Wildman–Crippen MR) is 129 cm³/mol. The largest absolute Gasteiger partial charge is 0.336 e. The molecule has 1 aromatic carbocycles. The van der Waals surface area contributed by atoms with Gasteiger partial charge in [0.1, 0.15) is 11.3 Å². The van der Waals surface area contributed by atoms with Gasteiger partial charge in [0.2, 0.25) is 0 Å². The predicted octanol–water partition coefficient (Wildman–Crippen LogP) is 3.21. The number of allylic oxidation sites excluding steroid dienone is 3. The normalized spacial score (nSPS) is 14.4. The van der Waals surface area contributed by atoms with Gasteiger partial charge >= 0.3 is 0 Å². The van der Waals surface area contributed by atoms with Crippen LogP contribution in [0.15, 0.2) is 78.1 Å². The number of amides is 1. The fraction of sp³-hybridized carbons (Fsp3) is 0.192. The Bertz CT molecular complexity index is 1250. The molecular weight excluding hydrogens is 398 g/mol.